The molecule has 0 bridgehead atoms. The third-order valence-corrected chi connectivity index (χ3v) is 5.91. The molecule has 0 radical (unpaired) electrons. The van der Waals surface area contributed by atoms with Gasteiger partial charge in [-0.25, -0.2) is 0 Å². The van der Waals surface area contributed by atoms with Crippen LogP contribution in [0.25, 0.3) is 0 Å². The zero-order chi connectivity index (χ0) is 19.4. The molecule has 2 N–H and O–H groups in total. The van der Waals surface area contributed by atoms with E-state index >= 15 is 0 Å². The van der Waals surface area contributed by atoms with Crippen molar-refractivity contribution < 1.29 is 14.3 Å². The fourth-order valence-electron chi connectivity index (χ4n) is 4.07. The number of piperidine rings is 1. The smallest absolute Gasteiger partial charge is 0.245 e. The first-order valence-corrected chi connectivity index (χ1v) is 9.69. The van der Waals surface area contributed by atoms with Crippen LogP contribution in [0.5, 0.6) is 5.75 Å². The van der Waals surface area contributed by atoms with E-state index < -0.39 is 5.54 Å². The van der Waals surface area contributed by atoms with Crippen molar-refractivity contribution in [3.63, 3.8) is 0 Å². The Hall–Kier alpha value is -2.28. The molecule has 1 atom stereocenters. The minimum absolute atomic E-state index is 0.0917. The zero-order valence-corrected chi connectivity index (χ0v) is 16.5. The van der Waals surface area contributed by atoms with Gasteiger partial charge in [0.1, 0.15) is 17.3 Å². The molecule has 1 unspecified atom stereocenters. The van der Waals surface area contributed by atoms with Gasteiger partial charge in [0.15, 0.2) is 0 Å². The quantitative estimate of drug-likeness (QED) is 0.813. The number of ether oxygens (including phenoxy) is 1. The van der Waals surface area contributed by atoms with E-state index in [1.807, 2.05) is 43.1 Å². The van der Waals surface area contributed by atoms with E-state index in [9.17, 15) is 9.59 Å². The van der Waals surface area contributed by atoms with Gasteiger partial charge in [-0.05, 0) is 38.4 Å². The van der Waals surface area contributed by atoms with Crippen LogP contribution in [0.2, 0.25) is 0 Å². The Labute approximate surface area is 161 Å². The number of nitrogens with one attached hydrogen (secondary N) is 2. The number of likely N-dealkylation sites (tertiary alicyclic amines) is 1. The van der Waals surface area contributed by atoms with Crippen molar-refractivity contribution in [1.82, 2.24) is 15.1 Å². The van der Waals surface area contributed by atoms with Crippen LogP contribution in [0.3, 0.4) is 0 Å². The molecule has 7 heteroatoms. The maximum absolute atomic E-state index is 13.0. The number of amides is 2. The average molecular weight is 374 g/mol. The first-order chi connectivity index (χ1) is 13.0. The van der Waals surface area contributed by atoms with Gasteiger partial charge in [-0.3, -0.25) is 14.5 Å². The summed E-state index contributed by atoms with van der Waals surface area (Å²) in [6.07, 6.45) is 2.05. The van der Waals surface area contributed by atoms with Crippen molar-refractivity contribution in [3.05, 3.63) is 24.3 Å². The Morgan fingerprint density at radius 2 is 2.07 bits per heavy atom. The molecule has 2 fully saturated rings. The van der Waals surface area contributed by atoms with Gasteiger partial charge in [-0.2, -0.15) is 0 Å². The summed E-state index contributed by atoms with van der Waals surface area (Å²) in [6.45, 7) is 4.76. The SMILES string of the molecule is CCC(Nc1cccc(OC)c1)C(=O)N1CCC2(CC1)C(=O)NCCN2C. The van der Waals surface area contributed by atoms with Crippen molar-refractivity contribution in [2.24, 2.45) is 0 Å². The largest absolute Gasteiger partial charge is 0.497 e. The van der Waals surface area contributed by atoms with Crippen LogP contribution in [0.1, 0.15) is 26.2 Å². The van der Waals surface area contributed by atoms with Gasteiger partial charge in [-0.15, -0.1) is 0 Å². The molecular weight excluding hydrogens is 344 g/mol. The molecule has 0 aromatic heterocycles. The number of hydrogen-bond donors (Lipinski definition) is 2. The second-order valence-electron chi connectivity index (χ2n) is 7.37. The number of carbonyl (C=O) groups is 2. The molecule has 0 saturated carbocycles. The van der Waals surface area contributed by atoms with E-state index in [0.717, 1.165) is 18.0 Å². The van der Waals surface area contributed by atoms with Crippen molar-refractivity contribution in [1.29, 1.82) is 0 Å². The van der Waals surface area contributed by atoms with Crippen LogP contribution < -0.4 is 15.4 Å². The lowest BCUT2D eigenvalue weighted by Gasteiger charge is -2.48. The number of rotatable bonds is 5. The highest BCUT2D eigenvalue weighted by Gasteiger charge is 2.47. The number of benzene rings is 1. The van der Waals surface area contributed by atoms with Crippen LogP contribution in [0.4, 0.5) is 5.69 Å². The average Bonchev–Trinajstić information content (AvgIpc) is 2.70. The maximum atomic E-state index is 13.0. The molecule has 2 amide bonds. The van der Waals surface area contributed by atoms with Crippen molar-refractivity contribution in [2.45, 2.75) is 37.8 Å². The van der Waals surface area contributed by atoms with Gasteiger partial charge < -0.3 is 20.3 Å². The molecule has 2 aliphatic rings. The molecule has 2 heterocycles. The molecule has 2 saturated heterocycles. The van der Waals surface area contributed by atoms with Gasteiger partial charge >= 0.3 is 0 Å². The molecule has 7 nitrogen and oxygen atoms in total. The van der Waals surface area contributed by atoms with E-state index in [4.69, 9.17) is 4.74 Å². The van der Waals surface area contributed by atoms with Gasteiger partial charge in [0, 0.05) is 37.9 Å². The highest BCUT2D eigenvalue weighted by atomic mass is 16.5. The van der Waals surface area contributed by atoms with E-state index in [0.29, 0.717) is 38.9 Å². The third-order valence-electron chi connectivity index (χ3n) is 5.91. The summed E-state index contributed by atoms with van der Waals surface area (Å²) >= 11 is 0. The van der Waals surface area contributed by atoms with Crippen LogP contribution in [0.15, 0.2) is 24.3 Å². The zero-order valence-electron chi connectivity index (χ0n) is 16.5. The van der Waals surface area contributed by atoms with Gasteiger partial charge in [0.2, 0.25) is 11.8 Å². The monoisotopic (exact) mass is 374 g/mol. The molecule has 1 aromatic carbocycles. The molecule has 3 rings (SSSR count). The van der Waals surface area contributed by atoms with Crippen LogP contribution >= 0.6 is 0 Å². The predicted octanol–water partition coefficient (Wildman–Crippen LogP) is 1.31. The normalized spacial score (nSPS) is 20.9. The minimum atomic E-state index is -0.461. The molecular formula is C20H30N4O3. The summed E-state index contributed by atoms with van der Waals surface area (Å²) in [5, 5.41) is 6.31. The van der Waals surface area contributed by atoms with Crippen LogP contribution in [0, 0.1) is 0 Å². The summed E-state index contributed by atoms with van der Waals surface area (Å²) in [7, 11) is 3.64. The molecule has 27 heavy (non-hydrogen) atoms. The van der Waals surface area contributed by atoms with Gasteiger partial charge in [-0.1, -0.05) is 13.0 Å². The van der Waals surface area contributed by atoms with Gasteiger partial charge in [0.05, 0.1) is 7.11 Å². The number of piperazine rings is 1. The summed E-state index contributed by atoms with van der Waals surface area (Å²) < 4.78 is 5.25. The van der Waals surface area contributed by atoms with E-state index in [1.54, 1.807) is 7.11 Å². The molecule has 148 valence electrons. The summed E-state index contributed by atoms with van der Waals surface area (Å²) in [6, 6.07) is 7.32. The van der Waals surface area contributed by atoms with Crippen LogP contribution in [-0.2, 0) is 9.59 Å². The van der Waals surface area contributed by atoms with E-state index in [1.165, 1.54) is 0 Å². The predicted molar refractivity (Wildman–Crippen MR) is 105 cm³/mol. The first-order valence-electron chi connectivity index (χ1n) is 9.69. The number of nitrogens with zero attached hydrogens (tertiary/aromatic N) is 2. The molecule has 1 aromatic rings. The fourth-order valence-corrected chi connectivity index (χ4v) is 4.07. The third kappa shape index (κ3) is 3.88. The Morgan fingerprint density at radius 1 is 1.33 bits per heavy atom. The second-order valence-corrected chi connectivity index (χ2v) is 7.37. The van der Waals surface area contributed by atoms with Gasteiger partial charge in [0.25, 0.3) is 0 Å². The van der Waals surface area contributed by atoms with E-state index in [-0.39, 0.29) is 17.9 Å². The first kappa shape index (κ1) is 19.5. The van der Waals surface area contributed by atoms with E-state index in [2.05, 4.69) is 15.5 Å². The summed E-state index contributed by atoms with van der Waals surface area (Å²) in [5.41, 5.74) is 0.408. The standard InChI is InChI=1S/C20H30N4O3/c1-4-17(22-15-6-5-7-16(14-15)27-3)18(25)24-11-8-20(9-12-24)19(26)21-10-13-23(20)2/h5-7,14,17,22H,4,8-13H2,1-3H3,(H,21,26). The Kier molecular flexibility index (Phi) is 5.89. The summed E-state index contributed by atoms with van der Waals surface area (Å²) in [5.74, 6) is 0.951. The second kappa shape index (κ2) is 8.17. The van der Waals surface area contributed by atoms with Crippen molar-refractivity contribution in [2.75, 3.05) is 45.7 Å². The number of anilines is 1. The maximum Gasteiger partial charge on any atom is 0.245 e. The lowest BCUT2D eigenvalue weighted by Crippen LogP contribution is -2.67. The minimum Gasteiger partial charge on any atom is -0.497 e. The molecule has 0 aliphatic carbocycles. The summed E-state index contributed by atoms with van der Waals surface area (Å²) in [4.78, 5) is 29.6. The Bertz CT molecular complexity index is 686. The Balaban J connectivity index is 1.64. The fraction of sp³-hybridized carbons (Fsp3) is 0.600. The highest BCUT2D eigenvalue weighted by Crippen LogP contribution is 2.30. The topological polar surface area (TPSA) is 73.9 Å². The number of carbonyl (C=O) groups excluding carboxylic acids is 2. The lowest BCUT2D eigenvalue weighted by molar-refractivity contribution is -0.145. The molecule has 2 aliphatic heterocycles. The van der Waals surface area contributed by atoms with Crippen molar-refractivity contribution >= 4 is 17.5 Å². The number of likely N-dealkylation sites (N-methyl/N-ethyl adjacent to an activating group) is 1. The lowest BCUT2D eigenvalue weighted by atomic mass is 9.83. The number of hydrogen-bond acceptors (Lipinski definition) is 5. The number of methoxy groups -OCH3 is 1. The Morgan fingerprint density at radius 3 is 2.70 bits per heavy atom. The highest BCUT2D eigenvalue weighted by molar-refractivity contribution is 5.88. The van der Waals surface area contributed by atoms with Crippen molar-refractivity contribution in [3.8, 4) is 5.75 Å². The molecule has 1 spiro atoms. The van der Waals surface area contributed by atoms with Crippen LogP contribution in [-0.4, -0.2) is 73.5 Å².